The summed E-state index contributed by atoms with van der Waals surface area (Å²) in [4.78, 5) is 14.1. The molecule has 1 heterocycles. The lowest BCUT2D eigenvalue weighted by Crippen LogP contribution is -2.33. The number of likely N-dealkylation sites (tertiary alicyclic amines) is 1. The van der Waals surface area contributed by atoms with Crippen molar-refractivity contribution in [3.8, 4) is 6.07 Å². The molecule has 2 unspecified atom stereocenters. The van der Waals surface area contributed by atoms with Gasteiger partial charge in [-0.3, -0.25) is 4.79 Å². The fourth-order valence-corrected chi connectivity index (χ4v) is 3.86. The highest BCUT2D eigenvalue weighted by molar-refractivity contribution is 6.31. The van der Waals surface area contributed by atoms with Crippen molar-refractivity contribution in [1.82, 2.24) is 4.90 Å². The molecule has 4 nitrogen and oxygen atoms in total. The molecule has 3 atom stereocenters. The highest BCUT2D eigenvalue weighted by Crippen LogP contribution is 2.40. The normalized spacial score (nSPS) is 27.8. The molecule has 1 aromatic rings. The van der Waals surface area contributed by atoms with Crippen molar-refractivity contribution in [2.24, 2.45) is 5.92 Å². The predicted octanol–water partition coefficient (Wildman–Crippen LogP) is 2.39. The van der Waals surface area contributed by atoms with Crippen LogP contribution in [-0.4, -0.2) is 28.1 Å². The van der Waals surface area contributed by atoms with Crippen LogP contribution in [-0.2, 0) is 11.3 Å². The van der Waals surface area contributed by atoms with E-state index in [4.69, 9.17) is 11.6 Å². The lowest BCUT2D eigenvalue weighted by Gasteiger charge is -2.25. The number of hydrogen-bond acceptors (Lipinski definition) is 3. The summed E-state index contributed by atoms with van der Waals surface area (Å²) in [6.45, 7) is 2.35. The number of hydrogen-bond donors (Lipinski definition) is 1. The van der Waals surface area contributed by atoms with Gasteiger partial charge in [0, 0.05) is 24.9 Å². The molecule has 3 rings (SSSR count). The molecule has 1 aromatic carbocycles. The first-order chi connectivity index (χ1) is 10.0. The van der Waals surface area contributed by atoms with E-state index in [-0.39, 0.29) is 24.0 Å². The van der Waals surface area contributed by atoms with Crippen LogP contribution in [0.4, 0.5) is 0 Å². The van der Waals surface area contributed by atoms with Gasteiger partial charge in [-0.2, -0.15) is 5.26 Å². The van der Waals surface area contributed by atoms with Crippen LogP contribution < -0.4 is 0 Å². The average molecular weight is 305 g/mol. The fraction of sp³-hybridized carbons (Fsp3) is 0.500. The molecule has 0 spiro atoms. The Morgan fingerprint density at radius 2 is 2.24 bits per heavy atom. The van der Waals surface area contributed by atoms with E-state index in [0.717, 1.165) is 24.0 Å². The van der Waals surface area contributed by atoms with Gasteiger partial charge >= 0.3 is 0 Å². The Labute approximate surface area is 128 Å². The number of halogens is 1. The Kier molecular flexibility index (Phi) is 3.64. The van der Waals surface area contributed by atoms with Crippen molar-refractivity contribution in [1.29, 1.82) is 5.26 Å². The summed E-state index contributed by atoms with van der Waals surface area (Å²) in [6, 6.07) is 5.84. The van der Waals surface area contributed by atoms with E-state index in [1.165, 1.54) is 0 Å². The van der Waals surface area contributed by atoms with Gasteiger partial charge in [-0.15, -0.1) is 0 Å². The third kappa shape index (κ3) is 2.31. The Bertz CT molecular complexity index is 638. The summed E-state index contributed by atoms with van der Waals surface area (Å²) in [5.41, 5.74) is 2.26. The van der Waals surface area contributed by atoms with Gasteiger partial charge in [0.2, 0.25) is 5.91 Å². The number of carbonyl (C=O) groups excluding carboxylic acids is 1. The van der Waals surface area contributed by atoms with Crippen molar-refractivity contribution >= 4 is 17.5 Å². The molecule has 0 radical (unpaired) electrons. The number of aliphatic hydroxyl groups is 1. The van der Waals surface area contributed by atoms with Crippen molar-refractivity contribution in [3.05, 3.63) is 33.8 Å². The molecule has 1 saturated carbocycles. The van der Waals surface area contributed by atoms with Crippen LogP contribution >= 0.6 is 11.6 Å². The van der Waals surface area contributed by atoms with Crippen molar-refractivity contribution < 1.29 is 9.90 Å². The van der Waals surface area contributed by atoms with E-state index in [9.17, 15) is 15.2 Å². The fourth-order valence-electron chi connectivity index (χ4n) is 3.61. The first-order valence-electron chi connectivity index (χ1n) is 7.18. The maximum Gasteiger partial charge on any atom is 0.223 e. The lowest BCUT2D eigenvalue weighted by atomic mass is 10.0. The first-order valence-corrected chi connectivity index (χ1v) is 7.56. The number of rotatable bonds is 2. The second kappa shape index (κ2) is 5.32. The third-order valence-corrected chi connectivity index (χ3v) is 5.17. The first kappa shape index (κ1) is 14.4. The van der Waals surface area contributed by atoms with Gasteiger partial charge in [-0.1, -0.05) is 17.7 Å². The molecular formula is C16H17ClN2O2. The number of aliphatic hydroxyl groups excluding tert-OH is 1. The van der Waals surface area contributed by atoms with Crippen LogP contribution in [0.25, 0.3) is 0 Å². The molecule has 110 valence electrons. The maximum absolute atomic E-state index is 12.2. The molecule has 21 heavy (non-hydrogen) atoms. The summed E-state index contributed by atoms with van der Waals surface area (Å²) in [5.74, 6) is 0.164. The van der Waals surface area contributed by atoms with Crippen LogP contribution in [0.2, 0.25) is 5.02 Å². The summed E-state index contributed by atoms with van der Waals surface area (Å²) in [5, 5.41) is 19.6. The lowest BCUT2D eigenvalue weighted by molar-refractivity contribution is -0.129. The third-order valence-electron chi connectivity index (χ3n) is 4.86. The Hall–Kier alpha value is -1.57. The van der Waals surface area contributed by atoms with E-state index in [1.54, 1.807) is 6.07 Å². The molecule has 2 fully saturated rings. The van der Waals surface area contributed by atoms with Gasteiger partial charge in [-0.25, -0.2) is 0 Å². The molecule has 1 aliphatic heterocycles. The van der Waals surface area contributed by atoms with Crippen LogP contribution in [0, 0.1) is 24.2 Å². The number of fused-ring (bicyclic) bond motifs is 1. The molecule has 1 N–H and O–H groups in total. The zero-order chi connectivity index (χ0) is 15.1. The Morgan fingerprint density at radius 1 is 1.48 bits per heavy atom. The van der Waals surface area contributed by atoms with Gasteiger partial charge in [0.1, 0.15) is 6.07 Å². The molecular weight excluding hydrogens is 288 g/mol. The highest BCUT2D eigenvalue weighted by atomic mass is 35.5. The molecule has 5 heteroatoms. The van der Waals surface area contributed by atoms with Crippen LogP contribution in [0.3, 0.4) is 0 Å². The summed E-state index contributed by atoms with van der Waals surface area (Å²) >= 11 is 6.02. The SMILES string of the molecule is Cc1c(CN2C(=O)CC3C2CC[C@@H]3O)ccc(Cl)c1C#N. The predicted molar refractivity (Wildman–Crippen MR) is 78.6 cm³/mol. The molecule has 1 saturated heterocycles. The average Bonchev–Trinajstić information content (AvgIpc) is 2.95. The smallest absolute Gasteiger partial charge is 0.223 e. The molecule has 1 aliphatic carbocycles. The van der Waals surface area contributed by atoms with E-state index in [0.29, 0.717) is 23.6 Å². The van der Waals surface area contributed by atoms with E-state index in [2.05, 4.69) is 6.07 Å². The van der Waals surface area contributed by atoms with E-state index in [1.807, 2.05) is 17.9 Å². The Balaban J connectivity index is 1.88. The highest BCUT2D eigenvalue weighted by Gasteiger charge is 2.47. The molecule has 2 aliphatic rings. The quantitative estimate of drug-likeness (QED) is 0.912. The van der Waals surface area contributed by atoms with Gasteiger partial charge < -0.3 is 10.0 Å². The Morgan fingerprint density at radius 3 is 2.95 bits per heavy atom. The van der Waals surface area contributed by atoms with E-state index >= 15 is 0 Å². The van der Waals surface area contributed by atoms with E-state index < -0.39 is 0 Å². The monoisotopic (exact) mass is 304 g/mol. The molecule has 0 aromatic heterocycles. The second-order valence-electron chi connectivity index (χ2n) is 5.92. The topological polar surface area (TPSA) is 64.3 Å². The zero-order valence-electron chi connectivity index (χ0n) is 11.8. The summed E-state index contributed by atoms with van der Waals surface area (Å²) < 4.78 is 0. The summed E-state index contributed by atoms with van der Waals surface area (Å²) in [7, 11) is 0. The molecule has 1 amide bonds. The van der Waals surface area contributed by atoms with Gasteiger partial charge in [0.15, 0.2) is 0 Å². The minimum atomic E-state index is -0.357. The van der Waals surface area contributed by atoms with Crippen molar-refractivity contribution in [3.63, 3.8) is 0 Å². The van der Waals surface area contributed by atoms with Crippen molar-refractivity contribution in [2.45, 2.75) is 44.9 Å². The number of amides is 1. The maximum atomic E-state index is 12.2. The number of carbonyl (C=O) groups is 1. The summed E-state index contributed by atoms with van der Waals surface area (Å²) in [6.07, 6.45) is 1.70. The standard InChI is InChI=1S/C16H17ClN2O2/c1-9-10(2-3-13(17)12(9)7-18)8-19-14-4-5-15(20)11(14)6-16(19)21/h2-3,11,14-15,20H,4-6,8H2,1H3/t11?,14?,15-/m0/s1. The molecule has 0 bridgehead atoms. The zero-order valence-corrected chi connectivity index (χ0v) is 12.6. The van der Waals surface area contributed by atoms with Crippen LogP contribution in [0.1, 0.15) is 36.0 Å². The van der Waals surface area contributed by atoms with Gasteiger partial charge in [0.25, 0.3) is 0 Å². The number of nitriles is 1. The van der Waals surface area contributed by atoms with Gasteiger partial charge in [0.05, 0.1) is 16.7 Å². The van der Waals surface area contributed by atoms with Crippen molar-refractivity contribution in [2.75, 3.05) is 0 Å². The minimum Gasteiger partial charge on any atom is -0.393 e. The van der Waals surface area contributed by atoms with Crippen LogP contribution in [0.15, 0.2) is 12.1 Å². The number of nitrogens with zero attached hydrogens (tertiary/aromatic N) is 2. The largest absolute Gasteiger partial charge is 0.393 e. The van der Waals surface area contributed by atoms with Gasteiger partial charge in [-0.05, 0) is 37.0 Å². The minimum absolute atomic E-state index is 0.0699. The number of benzene rings is 1. The van der Waals surface area contributed by atoms with Crippen LogP contribution in [0.5, 0.6) is 0 Å². The second-order valence-corrected chi connectivity index (χ2v) is 6.33.